The third-order valence-corrected chi connectivity index (χ3v) is 2.83. The molecule has 0 N–H and O–H groups in total. The average Bonchev–Trinajstić information content (AvgIpc) is 3.00. The van der Waals surface area contributed by atoms with Gasteiger partial charge in [-0.1, -0.05) is 19.0 Å². The Hall–Kier alpha value is -2.80. The molecule has 24 heavy (non-hydrogen) atoms. The Balaban J connectivity index is 2.28. The van der Waals surface area contributed by atoms with Gasteiger partial charge in [-0.05, 0) is 29.6 Å². The number of benzene rings is 1. The van der Waals surface area contributed by atoms with Gasteiger partial charge in [-0.3, -0.25) is 0 Å². The lowest BCUT2D eigenvalue weighted by Gasteiger charge is -2.14. The Morgan fingerprint density at radius 3 is 2.79 bits per heavy atom. The van der Waals surface area contributed by atoms with Gasteiger partial charge in [0, 0.05) is 10.5 Å². The van der Waals surface area contributed by atoms with Crippen molar-refractivity contribution in [2.75, 3.05) is 6.61 Å². The van der Waals surface area contributed by atoms with Crippen LogP contribution in [0.3, 0.4) is 0 Å². The SMILES string of the molecule is CC(C)COc1cc(-c2nc(CN=[N+]=[N-])co2)ccc1OC(F)F. The minimum absolute atomic E-state index is 0.0588. The van der Waals surface area contributed by atoms with Crippen molar-refractivity contribution < 1.29 is 22.7 Å². The molecule has 1 aromatic heterocycles. The summed E-state index contributed by atoms with van der Waals surface area (Å²) in [4.78, 5) is 6.81. The maximum atomic E-state index is 12.5. The molecule has 0 aliphatic heterocycles. The van der Waals surface area contributed by atoms with Gasteiger partial charge in [-0.15, -0.1) is 0 Å². The summed E-state index contributed by atoms with van der Waals surface area (Å²) in [6.45, 7) is 1.33. The molecule has 0 spiro atoms. The maximum Gasteiger partial charge on any atom is 0.387 e. The summed E-state index contributed by atoms with van der Waals surface area (Å²) >= 11 is 0. The lowest BCUT2D eigenvalue weighted by Crippen LogP contribution is -2.08. The summed E-state index contributed by atoms with van der Waals surface area (Å²) in [5.41, 5.74) is 9.29. The van der Waals surface area contributed by atoms with Crippen molar-refractivity contribution in [3.63, 3.8) is 0 Å². The number of alkyl halides is 2. The number of ether oxygens (including phenoxy) is 2. The summed E-state index contributed by atoms with van der Waals surface area (Å²) in [7, 11) is 0. The lowest BCUT2D eigenvalue weighted by atomic mass is 10.2. The number of halogens is 2. The van der Waals surface area contributed by atoms with E-state index < -0.39 is 6.61 Å². The fourth-order valence-corrected chi connectivity index (χ4v) is 1.82. The van der Waals surface area contributed by atoms with E-state index >= 15 is 0 Å². The molecule has 2 aromatic rings. The molecular weight excluding hydrogens is 322 g/mol. The van der Waals surface area contributed by atoms with Crippen LogP contribution in [0.25, 0.3) is 21.9 Å². The van der Waals surface area contributed by atoms with Crippen LogP contribution >= 0.6 is 0 Å². The van der Waals surface area contributed by atoms with Crippen molar-refractivity contribution in [3.8, 4) is 23.0 Å². The molecule has 0 unspecified atom stereocenters. The molecule has 0 radical (unpaired) electrons. The van der Waals surface area contributed by atoms with Gasteiger partial charge in [0.2, 0.25) is 5.89 Å². The largest absolute Gasteiger partial charge is 0.489 e. The zero-order valence-corrected chi connectivity index (χ0v) is 13.1. The Bertz CT molecular complexity index is 727. The standard InChI is InChI=1S/C15H16F2N4O3/c1-9(2)7-22-13-5-10(3-4-12(13)24-15(16)17)14-20-11(8-23-14)6-19-21-18/h3-5,8-9,15H,6-7H2,1-2H3. The summed E-state index contributed by atoms with van der Waals surface area (Å²) in [6.07, 6.45) is 1.36. The Morgan fingerprint density at radius 1 is 1.33 bits per heavy atom. The fourth-order valence-electron chi connectivity index (χ4n) is 1.82. The first-order chi connectivity index (χ1) is 11.5. The number of nitrogens with zero attached hydrogens (tertiary/aromatic N) is 4. The second-order valence-electron chi connectivity index (χ2n) is 5.28. The van der Waals surface area contributed by atoms with Gasteiger partial charge in [0.1, 0.15) is 6.26 Å². The van der Waals surface area contributed by atoms with E-state index in [0.717, 1.165) is 0 Å². The minimum atomic E-state index is -2.95. The van der Waals surface area contributed by atoms with Crippen LogP contribution < -0.4 is 9.47 Å². The van der Waals surface area contributed by atoms with Crippen LogP contribution in [0, 0.1) is 5.92 Å². The van der Waals surface area contributed by atoms with Gasteiger partial charge in [-0.2, -0.15) is 8.78 Å². The van der Waals surface area contributed by atoms with Crippen molar-refractivity contribution >= 4 is 0 Å². The van der Waals surface area contributed by atoms with E-state index in [9.17, 15) is 8.78 Å². The van der Waals surface area contributed by atoms with Crippen molar-refractivity contribution in [3.05, 3.63) is 40.6 Å². The smallest absolute Gasteiger partial charge is 0.387 e. The first-order valence-electron chi connectivity index (χ1n) is 7.17. The summed E-state index contributed by atoms with van der Waals surface area (Å²) in [6, 6.07) is 4.42. The highest BCUT2D eigenvalue weighted by Gasteiger charge is 2.15. The molecule has 0 saturated heterocycles. The summed E-state index contributed by atoms with van der Waals surface area (Å²) in [5, 5.41) is 3.39. The van der Waals surface area contributed by atoms with Crippen LogP contribution in [0.5, 0.6) is 11.5 Å². The van der Waals surface area contributed by atoms with Gasteiger partial charge in [0.25, 0.3) is 0 Å². The van der Waals surface area contributed by atoms with Crippen molar-refractivity contribution in [2.45, 2.75) is 27.0 Å². The van der Waals surface area contributed by atoms with Crippen LogP contribution in [-0.4, -0.2) is 18.2 Å². The molecular formula is C15H16F2N4O3. The quantitative estimate of drug-likeness (QED) is 0.393. The highest BCUT2D eigenvalue weighted by atomic mass is 19.3. The van der Waals surface area contributed by atoms with Crippen molar-refractivity contribution in [2.24, 2.45) is 11.0 Å². The monoisotopic (exact) mass is 338 g/mol. The highest BCUT2D eigenvalue weighted by Crippen LogP contribution is 2.33. The number of hydrogen-bond donors (Lipinski definition) is 0. The predicted molar refractivity (Wildman–Crippen MR) is 81.8 cm³/mol. The number of oxazole rings is 1. The minimum Gasteiger partial charge on any atom is -0.489 e. The zero-order chi connectivity index (χ0) is 17.5. The lowest BCUT2D eigenvalue weighted by molar-refractivity contribution is -0.0515. The maximum absolute atomic E-state index is 12.5. The molecule has 128 valence electrons. The normalized spacial score (nSPS) is 10.8. The number of azide groups is 1. The first kappa shape index (κ1) is 17.6. The summed E-state index contributed by atoms with van der Waals surface area (Å²) in [5.74, 6) is 0.591. The van der Waals surface area contributed by atoms with Crippen molar-refractivity contribution in [1.29, 1.82) is 0 Å². The molecule has 0 aliphatic rings. The third-order valence-electron chi connectivity index (χ3n) is 2.83. The fraction of sp³-hybridized carbons (Fsp3) is 0.400. The number of hydrogen-bond acceptors (Lipinski definition) is 5. The molecule has 1 aromatic carbocycles. The highest BCUT2D eigenvalue weighted by molar-refractivity contribution is 5.60. The van der Waals surface area contributed by atoms with E-state index in [1.54, 1.807) is 0 Å². The Morgan fingerprint density at radius 2 is 2.12 bits per heavy atom. The molecule has 0 bridgehead atoms. The van der Waals surface area contributed by atoms with Crippen LogP contribution in [0.4, 0.5) is 8.78 Å². The molecule has 0 fully saturated rings. The average molecular weight is 338 g/mol. The second kappa shape index (κ2) is 8.16. The van der Waals surface area contributed by atoms with Crippen LogP contribution in [0.2, 0.25) is 0 Å². The Labute approximate surface area is 136 Å². The van der Waals surface area contributed by atoms with Crippen molar-refractivity contribution in [1.82, 2.24) is 4.98 Å². The van der Waals surface area contributed by atoms with E-state index in [1.807, 2.05) is 13.8 Å². The van der Waals surface area contributed by atoms with E-state index in [4.69, 9.17) is 14.7 Å². The number of aromatic nitrogens is 1. The van der Waals surface area contributed by atoms with Crippen LogP contribution in [-0.2, 0) is 6.54 Å². The summed E-state index contributed by atoms with van der Waals surface area (Å²) < 4.78 is 40.3. The van der Waals surface area contributed by atoms with E-state index in [1.165, 1.54) is 24.5 Å². The van der Waals surface area contributed by atoms with Gasteiger partial charge in [-0.25, -0.2) is 4.98 Å². The van der Waals surface area contributed by atoms with Gasteiger partial charge < -0.3 is 13.9 Å². The Kier molecular flexibility index (Phi) is 5.97. The first-order valence-corrected chi connectivity index (χ1v) is 7.17. The van der Waals surface area contributed by atoms with E-state index in [-0.39, 0.29) is 29.9 Å². The molecule has 1 heterocycles. The molecule has 0 atom stereocenters. The molecule has 0 aliphatic carbocycles. The van der Waals surface area contributed by atoms with Gasteiger partial charge >= 0.3 is 6.61 Å². The van der Waals surface area contributed by atoms with Crippen LogP contribution in [0.1, 0.15) is 19.5 Å². The predicted octanol–water partition coefficient (Wildman–Crippen LogP) is 4.79. The van der Waals surface area contributed by atoms with E-state index in [2.05, 4.69) is 19.7 Å². The van der Waals surface area contributed by atoms with Gasteiger partial charge in [0.05, 0.1) is 18.8 Å². The van der Waals surface area contributed by atoms with Crippen LogP contribution in [0.15, 0.2) is 34.0 Å². The molecule has 7 nitrogen and oxygen atoms in total. The topological polar surface area (TPSA) is 93.3 Å². The second-order valence-corrected chi connectivity index (χ2v) is 5.28. The van der Waals surface area contributed by atoms with Gasteiger partial charge in [0.15, 0.2) is 11.5 Å². The third kappa shape index (κ3) is 4.85. The zero-order valence-electron chi connectivity index (χ0n) is 13.1. The molecule has 0 amide bonds. The molecule has 2 rings (SSSR count). The number of rotatable bonds is 8. The molecule has 0 saturated carbocycles. The van der Waals surface area contributed by atoms with E-state index in [0.29, 0.717) is 17.9 Å². The molecule has 9 heteroatoms.